The average Bonchev–Trinajstić information content (AvgIpc) is 0.918. The summed E-state index contributed by atoms with van der Waals surface area (Å²) in [7, 11) is 0. The quantitative estimate of drug-likeness (QED) is 0.543. The molecule has 6 heavy (non-hydrogen) atoms. The summed E-state index contributed by atoms with van der Waals surface area (Å²) in [5.74, 6) is 0. The zero-order chi connectivity index (χ0) is 2.71. The summed E-state index contributed by atoms with van der Waals surface area (Å²) in [6, 6.07) is 0. The molecule has 0 heterocycles. The van der Waals surface area contributed by atoms with Crippen LogP contribution in [0.3, 0.4) is 0 Å². The Bertz CT molecular complexity index is 8.75. The average molecular weight is 214 g/mol. The second kappa shape index (κ2) is 33.0. The number of rotatable bonds is 0. The van der Waals surface area contributed by atoms with Gasteiger partial charge in [0, 0.05) is 26.2 Å². The van der Waals surface area contributed by atoms with E-state index in [2.05, 4.69) is 27.6 Å². The van der Waals surface area contributed by atoms with E-state index < -0.39 is 0 Å². The van der Waals surface area contributed by atoms with Crippen molar-refractivity contribution in [2.75, 3.05) is 0 Å². The molecule has 0 saturated carbocycles. The van der Waals surface area contributed by atoms with E-state index in [1.807, 2.05) is 0 Å². The van der Waals surface area contributed by atoms with Crippen LogP contribution < -0.4 is 0 Å². The first-order valence-corrected chi connectivity index (χ1v) is 0.926. The van der Waals surface area contributed by atoms with Crippen LogP contribution in [-0.4, -0.2) is 11.0 Å². The zero-order valence-corrected chi connectivity index (χ0v) is 6.63. The molecule has 0 amide bonds. The van der Waals surface area contributed by atoms with Crippen molar-refractivity contribution in [2.45, 2.75) is 0 Å². The van der Waals surface area contributed by atoms with Crippen LogP contribution in [0.2, 0.25) is 0 Å². The van der Waals surface area contributed by atoms with Gasteiger partial charge in [0.25, 0.3) is 0 Å². The molecule has 3 nitrogen and oxygen atoms in total. The van der Waals surface area contributed by atoms with Crippen LogP contribution in [0.15, 0.2) is 0 Å². The van der Waals surface area contributed by atoms with Crippen molar-refractivity contribution in [1.82, 2.24) is 0 Å². The third-order valence-corrected chi connectivity index (χ3v) is 0. The van der Waals surface area contributed by atoms with Gasteiger partial charge in [-0.05, 0) is 0 Å². The molecular formula is H4Cl2O3Zr. The molecule has 0 aliphatic heterocycles. The first-order valence-electron chi connectivity index (χ1n) is 0.309. The number of hydrogen-bond donors (Lipinski definition) is 0. The molecule has 0 spiro atoms. The Kier molecular flexibility index (Phi) is 145. The van der Waals surface area contributed by atoms with Crippen molar-refractivity contribution < 1.29 is 41.0 Å². The predicted molar refractivity (Wildman–Crippen MR) is 20.0 cm³/mol. The molecule has 0 saturated heterocycles. The van der Waals surface area contributed by atoms with Crippen molar-refractivity contribution in [3.8, 4) is 0 Å². The fourth-order valence-corrected chi connectivity index (χ4v) is 0. The molecule has 6 heteroatoms. The molecule has 0 aromatic rings. The maximum Gasteiger partial charge on any atom is 0.0832 e. The Balaban J connectivity index is -0.00000000667. The Morgan fingerprint density at radius 3 is 1.00 bits per heavy atom. The summed E-state index contributed by atoms with van der Waals surface area (Å²) in [5.41, 5.74) is 0. The van der Waals surface area contributed by atoms with Gasteiger partial charge in [-0.1, -0.05) is 0 Å². The summed E-state index contributed by atoms with van der Waals surface area (Å²) in [6.45, 7) is 0. The maximum absolute atomic E-state index is 4.26. The Labute approximate surface area is 64.6 Å². The van der Waals surface area contributed by atoms with Crippen LogP contribution in [-0.2, 0) is 30.0 Å². The molecule has 4 N–H and O–H groups in total. The molecule has 0 fully saturated rings. The second-order valence-electron chi connectivity index (χ2n) is 0.0583. The minimum atomic E-state index is 0. The van der Waals surface area contributed by atoms with Gasteiger partial charge in [0.1, 0.15) is 0 Å². The maximum atomic E-state index is 4.26. The molecule has 0 aliphatic carbocycles. The van der Waals surface area contributed by atoms with Crippen molar-refractivity contribution in [2.24, 2.45) is 0 Å². The van der Waals surface area contributed by atoms with Gasteiger partial charge in [-0.2, -0.15) is 3.84 Å². The van der Waals surface area contributed by atoms with E-state index in [0.29, 0.717) is 0 Å². The van der Waals surface area contributed by atoms with Crippen LogP contribution in [0.25, 0.3) is 0 Å². The molecule has 0 rings (SSSR count). The van der Waals surface area contributed by atoms with Gasteiger partial charge in [-0.25, -0.2) is 0 Å². The molecule has 0 aliphatic rings. The summed E-state index contributed by atoms with van der Waals surface area (Å²) in [5, 5.41) is 0. The fourth-order valence-electron chi connectivity index (χ4n) is 0. The van der Waals surface area contributed by atoms with Gasteiger partial charge in [0.05, 0.1) is 23.7 Å². The van der Waals surface area contributed by atoms with Crippen LogP contribution in [0.5, 0.6) is 0 Å². The van der Waals surface area contributed by atoms with Gasteiger partial charge >= 0.3 is 0 Å². The van der Waals surface area contributed by atoms with Crippen LogP contribution >= 0.6 is 23.7 Å². The standard InChI is InChI=1S/Cl2O.2H2O.Zr/c1-3-2;;;/h;2*1H2;. The van der Waals surface area contributed by atoms with Gasteiger partial charge < -0.3 is 11.0 Å². The predicted octanol–water partition coefficient (Wildman–Crippen LogP) is -0.341. The van der Waals surface area contributed by atoms with Gasteiger partial charge in [0.15, 0.2) is 0 Å². The van der Waals surface area contributed by atoms with E-state index in [0.717, 1.165) is 0 Å². The summed E-state index contributed by atoms with van der Waals surface area (Å²) in [4.78, 5) is 0. The SMILES string of the molecule is ClOCl.O.O.[Zr]. The normalized spacial score (nSPS) is 3.00. The minimum absolute atomic E-state index is 0. The van der Waals surface area contributed by atoms with Crippen molar-refractivity contribution in [3.05, 3.63) is 0 Å². The first kappa shape index (κ1) is 26.4. The number of halogens is 2. The van der Waals surface area contributed by atoms with E-state index in [1.165, 1.54) is 0 Å². The van der Waals surface area contributed by atoms with E-state index >= 15 is 0 Å². The molecule has 0 radical (unpaired) electrons. The summed E-state index contributed by atoms with van der Waals surface area (Å²) >= 11 is 8.53. The van der Waals surface area contributed by atoms with Crippen molar-refractivity contribution in [3.63, 3.8) is 0 Å². The number of hydrogen-bond acceptors (Lipinski definition) is 1. The van der Waals surface area contributed by atoms with Gasteiger partial charge in [-0.3, -0.25) is 0 Å². The van der Waals surface area contributed by atoms with E-state index in [-0.39, 0.29) is 37.2 Å². The summed E-state index contributed by atoms with van der Waals surface area (Å²) < 4.78 is 3.19. The molecule has 0 atom stereocenters. The van der Waals surface area contributed by atoms with E-state index in [1.54, 1.807) is 0 Å². The third kappa shape index (κ3) is 55.9. The Hall–Kier alpha value is 1.34. The first-order chi connectivity index (χ1) is 1.41. The zero-order valence-electron chi connectivity index (χ0n) is 2.66. The van der Waals surface area contributed by atoms with Crippen LogP contribution in [0.4, 0.5) is 0 Å². The van der Waals surface area contributed by atoms with Gasteiger partial charge in [-0.15, -0.1) is 0 Å². The largest absolute Gasteiger partial charge is 0.412 e. The minimum Gasteiger partial charge on any atom is -0.412 e. The molecule has 0 unspecified atom stereocenters. The molecule has 0 aromatic heterocycles. The van der Waals surface area contributed by atoms with E-state index in [9.17, 15) is 0 Å². The van der Waals surface area contributed by atoms with Crippen molar-refractivity contribution in [1.29, 1.82) is 0 Å². The van der Waals surface area contributed by atoms with Crippen LogP contribution in [0, 0.1) is 0 Å². The molecule has 0 aromatic carbocycles. The molecule has 0 bridgehead atoms. The Morgan fingerprint density at radius 1 is 1.00 bits per heavy atom. The summed E-state index contributed by atoms with van der Waals surface area (Å²) in [6.07, 6.45) is 0. The fraction of sp³-hybridized carbons (Fsp3) is 0. The van der Waals surface area contributed by atoms with Crippen molar-refractivity contribution >= 4 is 23.7 Å². The van der Waals surface area contributed by atoms with E-state index in [4.69, 9.17) is 0 Å². The third-order valence-electron chi connectivity index (χ3n) is 0. The molecular weight excluding hydrogens is 210 g/mol. The molecule has 40 valence electrons. The Morgan fingerprint density at radius 2 is 1.00 bits per heavy atom. The van der Waals surface area contributed by atoms with Crippen LogP contribution in [0.1, 0.15) is 0 Å². The monoisotopic (exact) mass is 212 g/mol. The smallest absolute Gasteiger partial charge is 0.0832 e. The van der Waals surface area contributed by atoms with Gasteiger partial charge in [0.2, 0.25) is 0 Å². The second-order valence-corrected chi connectivity index (χ2v) is 0.525. The topological polar surface area (TPSA) is 72.2 Å².